The lowest BCUT2D eigenvalue weighted by Crippen LogP contribution is -2.42. The number of nitrogens with one attached hydrogen (secondary N) is 1. The molecule has 24 heavy (non-hydrogen) atoms. The van der Waals surface area contributed by atoms with Crippen LogP contribution in [0.2, 0.25) is 0 Å². The summed E-state index contributed by atoms with van der Waals surface area (Å²) < 4.78 is 0. The predicted molar refractivity (Wildman–Crippen MR) is 93.7 cm³/mol. The summed E-state index contributed by atoms with van der Waals surface area (Å²) in [5.41, 5.74) is 3.16. The summed E-state index contributed by atoms with van der Waals surface area (Å²) in [6, 6.07) is 8.41. The van der Waals surface area contributed by atoms with E-state index in [-0.39, 0.29) is 12.5 Å². The number of carbonyl (C=O) groups excluding carboxylic acids is 1. The fraction of sp³-hybridized carbons (Fsp3) is 0.316. The smallest absolute Gasteiger partial charge is 0.252 e. The van der Waals surface area contributed by atoms with Crippen molar-refractivity contribution >= 4 is 11.8 Å². The second kappa shape index (κ2) is 7.88. The van der Waals surface area contributed by atoms with Crippen molar-refractivity contribution in [3.63, 3.8) is 0 Å². The van der Waals surface area contributed by atoms with Crippen molar-refractivity contribution in [2.45, 2.75) is 19.1 Å². The van der Waals surface area contributed by atoms with Crippen LogP contribution in [0.25, 0.3) is 0 Å². The van der Waals surface area contributed by atoms with E-state index >= 15 is 0 Å². The van der Waals surface area contributed by atoms with E-state index in [1.165, 1.54) is 17.3 Å². The van der Waals surface area contributed by atoms with Gasteiger partial charge in [0.15, 0.2) is 0 Å². The Morgan fingerprint density at radius 1 is 1.38 bits per heavy atom. The lowest BCUT2D eigenvalue weighted by Gasteiger charge is -2.30. The molecule has 5 heteroatoms. The van der Waals surface area contributed by atoms with Crippen LogP contribution in [0.3, 0.4) is 0 Å². The predicted octanol–water partition coefficient (Wildman–Crippen LogP) is 1.20. The first-order valence-electron chi connectivity index (χ1n) is 8.13. The summed E-state index contributed by atoms with van der Waals surface area (Å²) in [7, 11) is 0. The monoisotopic (exact) mass is 323 g/mol. The van der Waals surface area contributed by atoms with E-state index < -0.39 is 6.10 Å². The third-order valence-corrected chi connectivity index (χ3v) is 4.16. The highest BCUT2D eigenvalue weighted by Gasteiger charge is 2.19. The molecule has 3 rings (SSSR count). The number of β-amino-alcohol motifs (C(OH)–C–C–N with tert-alkyl or cyclic N) is 1. The zero-order valence-electron chi connectivity index (χ0n) is 13.5. The molecule has 1 amide bonds. The second-order valence-corrected chi connectivity index (χ2v) is 5.99. The first-order valence-corrected chi connectivity index (χ1v) is 8.13. The number of carbonyl (C=O) groups is 1. The van der Waals surface area contributed by atoms with E-state index in [1.807, 2.05) is 6.07 Å². The van der Waals surface area contributed by atoms with Gasteiger partial charge in [-0.3, -0.25) is 9.69 Å². The Morgan fingerprint density at radius 2 is 2.21 bits per heavy atom. The fourth-order valence-corrected chi connectivity index (χ4v) is 2.91. The molecule has 5 nitrogen and oxygen atoms in total. The first-order chi connectivity index (χ1) is 11.7. The highest BCUT2D eigenvalue weighted by molar-refractivity contribution is 5.96. The van der Waals surface area contributed by atoms with Gasteiger partial charge in [0.05, 0.1) is 11.7 Å². The van der Waals surface area contributed by atoms with Gasteiger partial charge in [-0.05, 0) is 35.6 Å². The number of rotatable bonds is 5. The lowest BCUT2D eigenvalue weighted by molar-refractivity contribution is -0.117. The molecule has 1 aromatic rings. The molecule has 0 aliphatic carbocycles. The van der Waals surface area contributed by atoms with E-state index in [1.54, 1.807) is 18.2 Å². The standard InChI is InChI=1S/C19H21N3O2/c23-18(12-21-19(24)16-6-3-4-9-20-11-16)14-22-10-8-15-5-1-2-7-17(15)13-22/h1-7,11,18,23H,8,10,12-14H2,(H,21,24)/t18-/m0/s1. The van der Waals surface area contributed by atoms with Gasteiger partial charge in [0.25, 0.3) is 5.91 Å². The molecular weight excluding hydrogens is 302 g/mol. The first kappa shape index (κ1) is 16.4. The van der Waals surface area contributed by atoms with E-state index in [0.29, 0.717) is 12.1 Å². The van der Waals surface area contributed by atoms with E-state index in [0.717, 1.165) is 19.5 Å². The van der Waals surface area contributed by atoms with Crippen LogP contribution in [0.1, 0.15) is 11.1 Å². The van der Waals surface area contributed by atoms with Gasteiger partial charge in [0.2, 0.25) is 0 Å². The van der Waals surface area contributed by atoms with Gasteiger partial charge in [-0.2, -0.15) is 0 Å². The molecule has 0 aromatic heterocycles. The molecule has 0 saturated heterocycles. The van der Waals surface area contributed by atoms with Gasteiger partial charge >= 0.3 is 0 Å². The van der Waals surface area contributed by atoms with Crippen LogP contribution >= 0.6 is 0 Å². The second-order valence-electron chi connectivity index (χ2n) is 5.99. The number of amides is 1. The summed E-state index contributed by atoms with van der Waals surface area (Å²) in [6.07, 6.45) is 6.88. The number of nitrogens with zero attached hydrogens (tertiary/aromatic N) is 2. The van der Waals surface area contributed by atoms with Crippen LogP contribution < -0.4 is 5.32 Å². The van der Waals surface area contributed by atoms with E-state index in [2.05, 4.69) is 39.3 Å². The third kappa shape index (κ3) is 4.30. The molecule has 0 spiro atoms. The van der Waals surface area contributed by atoms with Crippen LogP contribution in [0, 0.1) is 0 Å². The zero-order chi connectivity index (χ0) is 16.8. The number of hydrogen-bond acceptors (Lipinski definition) is 4. The van der Waals surface area contributed by atoms with Crippen molar-refractivity contribution in [2.24, 2.45) is 4.99 Å². The van der Waals surface area contributed by atoms with Gasteiger partial charge in [0, 0.05) is 32.4 Å². The molecule has 1 aromatic carbocycles. The number of aliphatic imine (C=N–C) groups is 1. The Morgan fingerprint density at radius 3 is 3.08 bits per heavy atom. The molecule has 2 N–H and O–H groups in total. The maximum Gasteiger partial charge on any atom is 0.252 e. The molecule has 0 saturated carbocycles. The Bertz CT molecular complexity index is 730. The molecule has 0 unspecified atom stereocenters. The quantitative estimate of drug-likeness (QED) is 0.856. The Hall–Kier alpha value is -2.46. The number of aliphatic hydroxyl groups is 1. The highest BCUT2D eigenvalue weighted by atomic mass is 16.3. The molecule has 0 fully saturated rings. The van der Waals surface area contributed by atoms with Crippen LogP contribution in [0.15, 0.2) is 59.3 Å². The maximum atomic E-state index is 12.1. The van der Waals surface area contributed by atoms with Crippen molar-refractivity contribution in [1.29, 1.82) is 0 Å². The topological polar surface area (TPSA) is 64.9 Å². The highest BCUT2D eigenvalue weighted by Crippen LogP contribution is 2.18. The Labute approximate surface area is 141 Å². The Balaban J connectivity index is 1.46. The third-order valence-electron chi connectivity index (χ3n) is 4.16. The van der Waals surface area contributed by atoms with Crippen molar-refractivity contribution in [3.05, 3.63) is 65.4 Å². The van der Waals surface area contributed by atoms with Crippen molar-refractivity contribution in [2.75, 3.05) is 19.6 Å². The average molecular weight is 323 g/mol. The molecular formula is C19H21N3O2. The van der Waals surface area contributed by atoms with Crippen molar-refractivity contribution in [1.82, 2.24) is 10.2 Å². The fourth-order valence-electron chi connectivity index (χ4n) is 2.91. The number of aliphatic hydroxyl groups excluding tert-OH is 1. The molecule has 1 atom stereocenters. The van der Waals surface area contributed by atoms with E-state index in [4.69, 9.17) is 0 Å². The van der Waals surface area contributed by atoms with Crippen LogP contribution in [-0.2, 0) is 17.8 Å². The van der Waals surface area contributed by atoms with Gasteiger partial charge in [-0.1, -0.05) is 30.3 Å². The van der Waals surface area contributed by atoms with Gasteiger partial charge in [0.1, 0.15) is 0 Å². The SMILES string of the molecule is O=C(NC[C@H](O)CN1CCc2ccccc2C1)C1=CN=C=CC=C1. The summed E-state index contributed by atoms with van der Waals surface area (Å²) in [4.78, 5) is 18.1. The van der Waals surface area contributed by atoms with E-state index in [9.17, 15) is 9.90 Å². The Kier molecular flexibility index (Phi) is 5.39. The van der Waals surface area contributed by atoms with Crippen molar-refractivity contribution < 1.29 is 9.90 Å². The molecule has 0 bridgehead atoms. The van der Waals surface area contributed by atoms with Gasteiger partial charge in [-0.25, -0.2) is 4.99 Å². The number of hydrogen-bond donors (Lipinski definition) is 2. The number of fused-ring (bicyclic) bond motifs is 1. The summed E-state index contributed by atoms with van der Waals surface area (Å²) >= 11 is 0. The summed E-state index contributed by atoms with van der Waals surface area (Å²) in [5, 5.41) is 13.0. The molecule has 2 aliphatic heterocycles. The summed E-state index contributed by atoms with van der Waals surface area (Å²) in [6.45, 7) is 2.54. The minimum absolute atomic E-state index is 0.222. The van der Waals surface area contributed by atoms with Crippen LogP contribution in [0.5, 0.6) is 0 Å². The molecule has 2 aliphatic rings. The minimum atomic E-state index is -0.601. The number of benzene rings is 1. The zero-order valence-corrected chi connectivity index (χ0v) is 13.5. The maximum absolute atomic E-state index is 12.1. The molecule has 124 valence electrons. The van der Waals surface area contributed by atoms with Crippen LogP contribution in [0.4, 0.5) is 0 Å². The number of allylic oxidation sites excluding steroid dienone is 2. The lowest BCUT2D eigenvalue weighted by atomic mass is 10.00. The molecule has 2 heterocycles. The summed E-state index contributed by atoms with van der Waals surface area (Å²) in [5.74, 6) is 2.42. The molecule has 0 radical (unpaired) electrons. The van der Waals surface area contributed by atoms with Crippen LogP contribution in [-0.4, -0.2) is 47.5 Å². The average Bonchev–Trinajstić information content (AvgIpc) is 2.89. The van der Waals surface area contributed by atoms with Gasteiger partial charge < -0.3 is 10.4 Å². The normalized spacial score (nSPS) is 17.8. The largest absolute Gasteiger partial charge is 0.390 e. The van der Waals surface area contributed by atoms with Crippen molar-refractivity contribution in [3.8, 4) is 0 Å². The van der Waals surface area contributed by atoms with Gasteiger partial charge in [-0.15, -0.1) is 0 Å². The minimum Gasteiger partial charge on any atom is -0.390 e.